The van der Waals surface area contributed by atoms with Crippen molar-refractivity contribution in [2.45, 2.75) is 25.7 Å². The SMILES string of the molecule is C=C/C=C(\C=C)B1c2ccccc2-c2c1ccc1c3c(n(-c4ccccc4)c21)CCCC3. The fraction of sp³-hybridized carbons (Fsp3) is 0.133. The van der Waals surface area contributed by atoms with E-state index in [4.69, 9.17) is 0 Å². The average Bonchev–Trinajstić information content (AvgIpc) is 3.36. The minimum absolute atomic E-state index is 0.192. The van der Waals surface area contributed by atoms with Crippen LogP contribution in [0.2, 0.25) is 0 Å². The van der Waals surface area contributed by atoms with E-state index >= 15 is 0 Å². The molecule has 0 N–H and O–H groups in total. The molecule has 0 spiro atoms. The number of fused-ring (bicyclic) bond motifs is 7. The minimum Gasteiger partial charge on any atom is -0.313 e. The molecule has 1 aromatic heterocycles. The first-order valence-electron chi connectivity index (χ1n) is 11.6. The van der Waals surface area contributed by atoms with Gasteiger partial charge in [-0.3, -0.25) is 0 Å². The highest BCUT2D eigenvalue weighted by Gasteiger charge is 2.36. The predicted molar refractivity (Wildman–Crippen MR) is 139 cm³/mol. The molecular formula is C30H26BN. The lowest BCUT2D eigenvalue weighted by Gasteiger charge is -2.17. The highest BCUT2D eigenvalue weighted by molar-refractivity contribution is 6.95. The molecule has 0 atom stereocenters. The molecule has 0 saturated heterocycles. The van der Waals surface area contributed by atoms with Crippen molar-refractivity contribution in [1.82, 2.24) is 4.57 Å². The third kappa shape index (κ3) is 2.66. The molecule has 0 amide bonds. The maximum absolute atomic E-state index is 4.13. The second-order valence-corrected chi connectivity index (χ2v) is 8.86. The van der Waals surface area contributed by atoms with E-state index in [1.54, 1.807) is 5.56 Å². The summed E-state index contributed by atoms with van der Waals surface area (Å²) in [4.78, 5) is 0. The molecule has 4 aromatic rings. The van der Waals surface area contributed by atoms with Gasteiger partial charge >= 0.3 is 0 Å². The van der Waals surface area contributed by atoms with E-state index in [1.807, 2.05) is 12.2 Å². The molecule has 6 rings (SSSR count). The van der Waals surface area contributed by atoms with Gasteiger partial charge in [0.2, 0.25) is 6.71 Å². The Morgan fingerprint density at radius 3 is 2.44 bits per heavy atom. The van der Waals surface area contributed by atoms with Crippen molar-refractivity contribution < 1.29 is 0 Å². The molecule has 2 heteroatoms. The number of rotatable bonds is 4. The van der Waals surface area contributed by atoms with E-state index in [-0.39, 0.29) is 6.71 Å². The second kappa shape index (κ2) is 7.56. The van der Waals surface area contributed by atoms with Gasteiger partial charge in [-0.15, -0.1) is 0 Å². The van der Waals surface area contributed by atoms with Crippen LogP contribution in [0.4, 0.5) is 0 Å². The summed E-state index contributed by atoms with van der Waals surface area (Å²) in [7, 11) is 0. The number of para-hydroxylation sites is 1. The smallest absolute Gasteiger partial charge is 0.242 e. The minimum atomic E-state index is 0.192. The number of allylic oxidation sites excluding steroid dienone is 4. The fourth-order valence-corrected chi connectivity index (χ4v) is 5.95. The first-order chi connectivity index (χ1) is 15.8. The standard InChI is InChI=1S/C30H26BN/c1-3-12-21(4-2)31-26-17-10-8-16-25(26)29-27(31)20-19-24-23-15-9-11-18-28(23)32(30(24)29)22-13-6-5-7-14-22/h3-8,10,12-14,16-17,19-20H,1-2,9,11,15,18H2/b21-12+. The van der Waals surface area contributed by atoms with Crippen molar-refractivity contribution in [1.29, 1.82) is 0 Å². The van der Waals surface area contributed by atoms with Crippen LogP contribution in [0.25, 0.3) is 27.7 Å². The van der Waals surface area contributed by atoms with E-state index in [0.717, 1.165) is 6.42 Å². The van der Waals surface area contributed by atoms with E-state index in [0.29, 0.717) is 0 Å². The average molecular weight is 411 g/mol. The van der Waals surface area contributed by atoms with Crippen LogP contribution in [0, 0.1) is 0 Å². The molecule has 1 aliphatic heterocycles. The zero-order valence-corrected chi connectivity index (χ0v) is 18.4. The van der Waals surface area contributed by atoms with Crippen molar-refractivity contribution in [3.8, 4) is 16.8 Å². The van der Waals surface area contributed by atoms with Gasteiger partial charge in [-0.1, -0.05) is 102 Å². The van der Waals surface area contributed by atoms with E-state index in [2.05, 4.69) is 90.5 Å². The third-order valence-corrected chi connectivity index (χ3v) is 7.21. The highest BCUT2D eigenvalue weighted by atomic mass is 15.0. The molecule has 0 unspecified atom stereocenters. The second-order valence-electron chi connectivity index (χ2n) is 8.86. The maximum Gasteiger partial charge on any atom is 0.242 e. The normalized spacial score (nSPS) is 14.8. The number of benzene rings is 3. The van der Waals surface area contributed by atoms with Crippen LogP contribution in [0.3, 0.4) is 0 Å². The van der Waals surface area contributed by atoms with Crippen LogP contribution in [-0.2, 0) is 12.8 Å². The number of hydrogen-bond donors (Lipinski definition) is 0. The van der Waals surface area contributed by atoms with Crippen molar-refractivity contribution in [2.24, 2.45) is 0 Å². The van der Waals surface area contributed by atoms with Gasteiger partial charge in [0.05, 0.1) is 5.52 Å². The zero-order valence-electron chi connectivity index (χ0n) is 18.4. The molecule has 0 bridgehead atoms. The summed E-state index contributed by atoms with van der Waals surface area (Å²) in [6, 6.07) is 24.6. The molecule has 32 heavy (non-hydrogen) atoms. The van der Waals surface area contributed by atoms with Gasteiger partial charge in [-0.05, 0) is 48.9 Å². The number of aromatic nitrogens is 1. The van der Waals surface area contributed by atoms with Gasteiger partial charge in [0.15, 0.2) is 0 Å². The quantitative estimate of drug-likeness (QED) is 0.290. The Morgan fingerprint density at radius 1 is 0.844 bits per heavy atom. The van der Waals surface area contributed by atoms with Crippen molar-refractivity contribution in [3.05, 3.63) is 115 Å². The molecule has 0 radical (unpaired) electrons. The van der Waals surface area contributed by atoms with Crippen molar-refractivity contribution in [2.75, 3.05) is 0 Å². The van der Waals surface area contributed by atoms with Crippen LogP contribution >= 0.6 is 0 Å². The van der Waals surface area contributed by atoms with Gasteiger partial charge in [0, 0.05) is 22.3 Å². The van der Waals surface area contributed by atoms with Crippen LogP contribution in [-0.4, -0.2) is 11.3 Å². The lowest BCUT2D eigenvalue weighted by atomic mass is 9.38. The topological polar surface area (TPSA) is 4.93 Å². The maximum atomic E-state index is 4.13. The highest BCUT2D eigenvalue weighted by Crippen LogP contribution is 2.40. The molecule has 0 saturated carbocycles. The first kappa shape index (κ1) is 19.2. The summed E-state index contributed by atoms with van der Waals surface area (Å²) in [6.07, 6.45) is 10.8. The number of aryl methyl sites for hydroxylation is 1. The van der Waals surface area contributed by atoms with Gasteiger partial charge in [-0.2, -0.15) is 0 Å². The molecular weight excluding hydrogens is 385 g/mol. The molecule has 3 aromatic carbocycles. The Bertz CT molecular complexity index is 1400. The number of hydrogen-bond acceptors (Lipinski definition) is 0. The summed E-state index contributed by atoms with van der Waals surface area (Å²) in [6.45, 7) is 8.27. The Kier molecular flexibility index (Phi) is 4.54. The molecule has 1 nitrogen and oxygen atoms in total. The van der Waals surface area contributed by atoms with Crippen LogP contribution in [0.5, 0.6) is 0 Å². The van der Waals surface area contributed by atoms with Gasteiger partial charge in [0.25, 0.3) is 0 Å². The predicted octanol–water partition coefficient (Wildman–Crippen LogP) is 5.94. The van der Waals surface area contributed by atoms with E-state index in [1.165, 1.54) is 69.1 Å². The first-order valence-corrected chi connectivity index (χ1v) is 11.6. The molecule has 2 heterocycles. The largest absolute Gasteiger partial charge is 0.313 e. The molecule has 2 aliphatic rings. The summed E-state index contributed by atoms with van der Waals surface area (Å²) in [5.41, 5.74) is 12.4. The van der Waals surface area contributed by atoms with Crippen LogP contribution in [0.1, 0.15) is 24.1 Å². The summed E-state index contributed by atoms with van der Waals surface area (Å²) in [5.74, 6) is 0. The summed E-state index contributed by atoms with van der Waals surface area (Å²) >= 11 is 0. The zero-order chi connectivity index (χ0) is 21.7. The van der Waals surface area contributed by atoms with Crippen LogP contribution in [0.15, 0.2) is 104 Å². The Balaban J connectivity index is 1.76. The molecule has 1 aliphatic carbocycles. The third-order valence-electron chi connectivity index (χ3n) is 7.21. The lowest BCUT2D eigenvalue weighted by Crippen LogP contribution is -2.39. The lowest BCUT2D eigenvalue weighted by molar-refractivity contribution is 0.667. The van der Waals surface area contributed by atoms with E-state index < -0.39 is 0 Å². The van der Waals surface area contributed by atoms with Crippen LogP contribution < -0.4 is 10.9 Å². The Labute approximate surface area is 190 Å². The van der Waals surface area contributed by atoms with Gasteiger partial charge in [-0.25, -0.2) is 0 Å². The molecule has 154 valence electrons. The Hall–Kier alpha value is -3.52. The summed E-state index contributed by atoms with van der Waals surface area (Å²) in [5, 5.41) is 1.42. The van der Waals surface area contributed by atoms with Gasteiger partial charge in [0.1, 0.15) is 0 Å². The van der Waals surface area contributed by atoms with Gasteiger partial charge < -0.3 is 4.57 Å². The van der Waals surface area contributed by atoms with E-state index in [9.17, 15) is 0 Å². The van der Waals surface area contributed by atoms with Crippen molar-refractivity contribution in [3.63, 3.8) is 0 Å². The number of nitrogens with zero attached hydrogens (tertiary/aromatic N) is 1. The monoisotopic (exact) mass is 411 g/mol. The Morgan fingerprint density at radius 2 is 1.62 bits per heavy atom. The van der Waals surface area contributed by atoms with Crippen molar-refractivity contribution >= 4 is 28.5 Å². The fourth-order valence-electron chi connectivity index (χ4n) is 5.95. The molecule has 0 fully saturated rings. The summed E-state index contributed by atoms with van der Waals surface area (Å²) < 4.78 is 2.56.